The molecular formula is C20H22N6O. The molecule has 0 N–H and O–H groups in total. The molecule has 138 valence electrons. The van der Waals surface area contributed by atoms with E-state index in [4.69, 9.17) is 0 Å². The van der Waals surface area contributed by atoms with Gasteiger partial charge in [-0.05, 0) is 38.3 Å². The summed E-state index contributed by atoms with van der Waals surface area (Å²) in [5.41, 5.74) is 3.59. The molecule has 1 aliphatic heterocycles. The largest absolute Gasteiger partial charge is 0.336 e. The van der Waals surface area contributed by atoms with Gasteiger partial charge in [0.15, 0.2) is 0 Å². The summed E-state index contributed by atoms with van der Waals surface area (Å²) in [4.78, 5) is 14.9. The summed E-state index contributed by atoms with van der Waals surface area (Å²) in [6.07, 6.45) is 7.09. The van der Waals surface area contributed by atoms with E-state index in [-0.39, 0.29) is 11.9 Å². The van der Waals surface area contributed by atoms with E-state index < -0.39 is 0 Å². The number of aromatic nitrogens is 5. The zero-order chi connectivity index (χ0) is 18.4. The Morgan fingerprint density at radius 2 is 1.96 bits per heavy atom. The molecule has 2 fully saturated rings. The highest BCUT2D eigenvalue weighted by Gasteiger charge is 2.32. The van der Waals surface area contributed by atoms with Gasteiger partial charge in [-0.2, -0.15) is 5.10 Å². The molecule has 0 bridgehead atoms. The number of nitrogens with zero attached hydrogens (tertiary/aromatic N) is 6. The molecule has 7 heteroatoms. The lowest BCUT2D eigenvalue weighted by molar-refractivity contribution is 0.0786. The summed E-state index contributed by atoms with van der Waals surface area (Å²) in [7, 11) is 0. The number of para-hydroxylation sites is 1. The third-order valence-corrected chi connectivity index (χ3v) is 5.59. The van der Waals surface area contributed by atoms with E-state index in [1.807, 2.05) is 51.5 Å². The zero-order valence-corrected chi connectivity index (χ0v) is 15.3. The fraction of sp³-hybridized carbons (Fsp3) is 0.400. The van der Waals surface area contributed by atoms with Gasteiger partial charge in [0.1, 0.15) is 0 Å². The SMILES string of the molecule is Cc1c(C(=O)N2CC[C@H](n3cc(C4CC4)nn3)C2)cnn1-c1ccccc1. The molecular weight excluding hydrogens is 340 g/mol. The molecule has 1 aliphatic carbocycles. The molecule has 0 spiro atoms. The van der Waals surface area contributed by atoms with E-state index in [9.17, 15) is 4.79 Å². The van der Waals surface area contributed by atoms with Gasteiger partial charge < -0.3 is 4.90 Å². The summed E-state index contributed by atoms with van der Waals surface area (Å²) < 4.78 is 3.77. The van der Waals surface area contributed by atoms with Crippen molar-refractivity contribution < 1.29 is 4.79 Å². The van der Waals surface area contributed by atoms with E-state index in [1.165, 1.54) is 12.8 Å². The highest BCUT2D eigenvalue weighted by Crippen LogP contribution is 2.39. The van der Waals surface area contributed by atoms with Crippen LogP contribution in [0.1, 0.15) is 53.0 Å². The molecule has 1 atom stereocenters. The fourth-order valence-electron chi connectivity index (χ4n) is 3.80. The molecule has 2 aliphatic rings. The second-order valence-corrected chi connectivity index (χ2v) is 7.48. The van der Waals surface area contributed by atoms with Crippen LogP contribution in [-0.4, -0.2) is 48.7 Å². The molecule has 0 radical (unpaired) electrons. The molecule has 1 aromatic carbocycles. The molecule has 7 nitrogen and oxygen atoms in total. The summed E-state index contributed by atoms with van der Waals surface area (Å²) in [6.45, 7) is 3.35. The number of carbonyl (C=O) groups is 1. The molecule has 5 rings (SSSR count). The first-order valence-corrected chi connectivity index (χ1v) is 9.52. The Labute approximate surface area is 157 Å². The number of hydrogen-bond donors (Lipinski definition) is 0. The Balaban J connectivity index is 1.32. The topological polar surface area (TPSA) is 68.8 Å². The molecule has 3 heterocycles. The van der Waals surface area contributed by atoms with Gasteiger partial charge >= 0.3 is 0 Å². The van der Waals surface area contributed by atoms with Crippen LogP contribution in [-0.2, 0) is 0 Å². The highest BCUT2D eigenvalue weighted by atomic mass is 16.2. The van der Waals surface area contributed by atoms with E-state index in [2.05, 4.69) is 21.6 Å². The van der Waals surface area contributed by atoms with E-state index in [0.29, 0.717) is 18.0 Å². The van der Waals surface area contributed by atoms with Gasteiger partial charge in [0, 0.05) is 25.2 Å². The van der Waals surface area contributed by atoms with Crippen LogP contribution in [0.4, 0.5) is 0 Å². The van der Waals surface area contributed by atoms with Crippen LogP contribution in [0.3, 0.4) is 0 Å². The predicted octanol–water partition coefficient (Wildman–Crippen LogP) is 2.74. The van der Waals surface area contributed by atoms with Gasteiger partial charge in [0.05, 0.1) is 34.9 Å². The van der Waals surface area contributed by atoms with Crippen LogP contribution in [0.15, 0.2) is 42.7 Å². The minimum Gasteiger partial charge on any atom is -0.336 e. The van der Waals surface area contributed by atoms with Gasteiger partial charge in [0.2, 0.25) is 0 Å². The molecule has 1 saturated heterocycles. The monoisotopic (exact) mass is 362 g/mol. The smallest absolute Gasteiger partial charge is 0.257 e. The van der Waals surface area contributed by atoms with E-state index in [1.54, 1.807) is 6.20 Å². The third-order valence-electron chi connectivity index (χ3n) is 5.59. The molecule has 0 unspecified atom stereocenters. The molecule has 1 amide bonds. The molecule has 3 aromatic rings. The van der Waals surface area contributed by atoms with Crippen molar-refractivity contribution in [3.63, 3.8) is 0 Å². The van der Waals surface area contributed by atoms with E-state index in [0.717, 1.165) is 30.0 Å². The lowest BCUT2D eigenvalue weighted by atomic mass is 10.2. The zero-order valence-electron chi connectivity index (χ0n) is 15.3. The average Bonchev–Trinajstić information content (AvgIpc) is 3.11. The number of rotatable bonds is 4. The van der Waals surface area contributed by atoms with Crippen LogP contribution in [0.5, 0.6) is 0 Å². The van der Waals surface area contributed by atoms with Gasteiger partial charge in [-0.1, -0.05) is 23.4 Å². The molecule has 1 saturated carbocycles. The first-order chi connectivity index (χ1) is 13.2. The van der Waals surface area contributed by atoms with Crippen molar-refractivity contribution in [1.29, 1.82) is 0 Å². The Morgan fingerprint density at radius 3 is 2.74 bits per heavy atom. The van der Waals surface area contributed by atoms with Crippen molar-refractivity contribution in [2.45, 2.75) is 38.1 Å². The molecule has 2 aromatic heterocycles. The van der Waals surface area contributed by atoms with Gasteiger partial charge in [0.25, 0.3) is 5.91 Å². The fourth-order valence-corrected chi connectivity index (χ4v) is 3.80. The van der Waals surface area contributed by atoms with Crippen LogP contribution < -0.4 is 0 Å². The maximum atomic E-state index is 13.0. The maximum absolute atomic E-state index is 13.0. The van der Waals surface area contributed by atoms with Gasteiger partial charge in [-0.25, -0.2) is 9.36 Å². The van der Waals surface area contributed by atoms with Crippen LogP contribution in [0, 0.1) is 6.92 Å². The first kappa shape index (κ1) is 16.2. The number of amides is 1. The lowest BCUT2D eigenvalue weighted by Gasteiger charge is -2.16. The van der Waals surface area contributed by atoms with Crippen molar-refractivity contribution in [2.75, 3.05) is 13.1 Å². The normalized spacial score (nSPS) is 19.6. The summed E-state index contributed by atoms with van der Waals surface area (Å²) >= 11 is 0. The third kappa shape index (κ3) is 2.93. The quantitative estimate of drug-likeness (QED) is 0.716. The number of benzene rings is 1. The number of likely N-dealkylation sites (tertiary alicyclic amines) is 1. The number of hydrogen-bond acceptors (Lipinski definition) is 4. The van der Waals surface area contributed by atoms with Crippen molar-refractivity contribution in [2.24, 2.45) is 0 Å². The lowest BCUT2D eigenvalue weighted by Crippen LogP contribution is -2.29. The standard InChI is InChI=1S/C20H22N6O/c1-14-18(11-21-26(14)16-5-3-2-4-6-16)20(27)24-10-9-17(12-24)25-13-19(22-23-25)15-7-8-15/h2-6,11,13,15,17H,7-10,12H2,1H3/t17-/m0/s1. The van der Waals surface area contributed by atoms with Crippen molar-refractivity contribution in [3.8, 4) is 5.69 Å². The summed E-state index contributed by atoms with van der Waals surface area (Å²) in [6, 6.07) is 10.1. The van der Waals surface area contributed by atoms with Crippen LogP contribution in [0.25, 0.3) is 5.69 Å². The highest BCUT2D eigenvalue weighted by molar-refractivity contribution is 5.95. The summed E-state index contributed by atoms with van der Waals surface area (Å²) in [5.74, 6) is 0.643. The van der Waals surface area contributed by atoms with E-state index >= 15 is 0 Å². The number of carbonyl (C=O) groups excluding carboxylic acids is 1. The molecule has 27 heavy (non-hydrogen) atoms. The van der Waals surface area contributed by atoms with Crippen molar-refractivity contribution in [3.05, 3.63) is 59.7 Å². The Morgan fingerprint density at radius 1 is 1.15 bits per heavy atom. The Bertz CT molecular complexity index is 972. The summed E-state index contributed by atoms with van der Waals surface area (Å²) in [5, 5.41) is 13.0. The van der Waals surface area contributed by atoms with Crippen molar-refractivity contribution >= 4 is 5.91 Å². The second kappa shape index (κ2) is 6.33. The van der Waals surface area contributed by atoms with Crippen LogP contribution in [0.2, 0.25) is 0 Å². The average molecular weight is 362 g/mol. The predicted molar refractivity (Wildman–Crippen MR) is 99.9 cm³/mol. The first-order valence-electron chi connectivity index (χ1n) is 9.52. The second-order valence-electron chi connectivity index (χ2n) is 7.48. The van der Waals surface area contributed by atoms with Crippen LogP contribution >= 0.6 is 0 Å². The van der Waals surface area contributed by atoms with Gasteiger partial charge in [-0.15, -0.1) is 5.10 Å². The van der Waals surface area contributed by atoms with Gasteiger partial charge in [-0.3, -0.25) is 4.79 Å². The minimum absolute atomic E-state index is 0.0414. The Hall–Kier alpha value is -2.96. The Kier molecular flexibility index (Phi) is 3.81. The van der Waals surface area contributed by atoms with Crippen molar-refractivity contribution in [1.82, 2.24) is 29.7 Å². The maximum Gasteiger partial charge on any atom is 0.257 e. The minimum atomic E-state index is 0.0414.